The van der Waals surface area contributed by atoms with Gasteiger partial charge in [-0.3, -0.25) is 4.79 Å². The van der Waals surface area contributed by atoms with Crippen molar-refractivity contribution in [3.63, 3.8) is 0 Å². The molecule has 0 aromatic carbocycles. The van der Waals surface area contributed by atoms with Gasteiger partial charge in [0, 0.05) is 18.4 Å². The number of nitrogens with one attached hydrogen (secondary N) is 1. The van der Waals surface area contributed by atoms with Crippen molar-refractivity contribution >= 4 is 5.91 Å². The zero-order chi connectivity index (χ0) is 12.1. The Balaban J connectivity index is 2.58. The third kappa shape index (κ3) is 3.08. The number of nitrogens with zero attached hydrogens (tertiary/aromatic N) is 2. The molecule has 0 aliphatic carbocycles. The normalized spacial score (nSPS) is 14.5. The molecular weight excluding hydrogens is 202 g/mol. The van der Waals surface area contributed by atoms with E-state index in [1.807, 2.05) is 31.5 Å². The smallest absolute Gasteiger partial charge is 0.243 e. The molecule has 0 aliphatic heterocycles. The molecule has 1 aromatic heterocycles. The van der Waals surface area contributed by atoms with Crippen molar-refractivity contribution in [3.8, 4) is 0 Å². The van der Waals surface area contributed by atoms with Crippen LogP contribution in [0.3, 0.4) is 0 Å². The second-order valence-electron chi connectivity index (χ2n) is 4.26. The van der Waals surface area contributed by atoms with E-state index in [9.17, 15) is 4.79 Å². The summed E-state index contributed by atoms with van der Waals surface area (Å²) in [6.45, 7) is 7.95. The fourth-order valence-electron chi connectivity index (χ4n) is 1.79. The summed E-state index contributed by atoms with van der Waals surface area (Å²) in [4.78, 5) is 16.0. The van der Waals surface area contributed by atoms with Gasteiger partial charge in [0.15, 0.2) is 0 Å². The van der Waals surface area contributed by atoms with Crippen LogP contribution in [0, 0.1) is 6.92 Å². The molecule has 0 fully saturated rings. The molecular formula is C12H21N3O. The van der Waals surface area contributed by atoms with Crippen LogP contribution in [-0.4, -0.2) is 21.5 Å². The first-order valence-electron chi connectivity index (χ1n) is 5.86. The van der Waals surface area contributed by atoms with Crippen molar-refractivity contribution < 1.29 is 4.79 Å². The molecule has 0 spiro atoms. The molecule has 1 amide bonds. The van der Waals surface area contributed by atoms with Crippen LogP contribution in [0.25, 0.3) is 0 Å². The van der Waals surface area contributed by atoms with Crippen molar-refractivity contribution in [3.05, 3.63) is 18.2 Å². The van der Waals surface area contributed by atoms with E-state index < -0.39 is 0 Å². The third-order valence-electron chi connectivity index (χ3n) is 2.77. The van der Waals surface area contributed by atoms with Crippen LogP contribution in [0.4, 0.5) is 0 Å². The molecule has 90 valence electrons. The summed E-state index contributed by atoms with van der Waals surface area (Å²) in [5.41, 5.74) is 0. The van der Waals surface area contributed by atoms with Gasteiger partial charge in [0.1, 0.15) is 11.9 Å². The number of aryl methyl sites for hydroxylation is 1. The van der Waals surface area contributed by atoms with Gasteiger partial charge in [0.25, 0.3) is 0 Å². The first-order valence-corrected chi connectivity index (χ1v) is 5.86. The molecule has 0 saturated carbocycles. The average molecular weight is 223 g/mol. The van der Waals surface area contributed by atoms with Crippen LogP contribution in [-0.2, 0) is 4.79 Å². The second kappa shape index (κ2) is 5.68. The summed E-state index contributed by atoms with van der Waals surface area (Å²) in [7, 11) is 0. The highest BCUT2D eigenvalue weighted by atomic mass is 16.2. The van der Waals surface area contributed by atoms with E-state index in [0.29, 0.717) is 0 Å². The van der Waals surface area contributed by atoms with E-state index in [1.54, 1.807) is 6.20 Å². The van der Waals surface area contributed by atoms with Gasteiger partial charge < -0.3 is 9.88 Å². The SMILES string of the molecule is CCCC(C)NC(=O)C(C)n1ccnc1C. The molecule has 4 heteroatoms. The molecule has 1 heterocycles. The topological polar surface area (TPSA) is 46.9 Å². The second-order valence-corrected chi connectivity index (χ2v) is 4.26. The van der Waals surface area contributed by atoms with Crippen LogP contribution in [0.1, 0.15) is 45.5 Å². The monoisotopic (exact) mass is 223 g/mol. The number of aromatic nitrogens is 2. The van der Waals surface area contributed by atoms with Crippen LogP contribution < -0.4 is 5.32 Å². The maximum atomic E-state index is 11.9. The van der Waals surface area contributed by atoms with E-state index in [1.165, 1.54) is 0 Å². The van der Waals surface area contributed by atoms with Gasteiger partial charge in [-0.1, -0.05) is 13.3 Å². The van der Waals surface area contributed by atoms with Gasteiger partial charge in [-0.25, -0.2) is 4.98 Å². The van der Waals surface area contributed by atoms with Gasteiger partial charge >= 0.3 is 0 Å². The molecule has 4 nitrogen and oxygen atoms in total. The van der Waals surface area contributed by atoms with Crippen molar-refractivity contribution in [1.82, 2.24) is 14.9 Å². The van der Waals surface area contributed by atoms with Crippen LogP contribution in [0.2, 0.25) is 0 Å². The molecule has 1 aromatic rings. The summed E-state index contributed by atoms with van der Waals surface area (Å²) in [6, 6.07) is 0.0468. The minimum atomic E-state index is -0.193. The molecule has 2 atom stereocenters. The molecule has 0 aliphatic rings. The number of rotatable bonds is 5. The highest BCUT2D eigenvalue weighted by Crippen LogP contribution is 2.09. The highest BCUT2D eigenvalue weighted by molar-refractivity contribution is 5.80. The molecule has 0 bridgehead atoms. The van der Waals surface area contributed by atoms with Crippen molar-refractivity contribution in [2.75, 3.05) is 0 Å². The maximum Gasteiger partial charge on any atom is 0.243 e. The Labute approximate surface area is 97.1 Å². The zero-order valence-electron chi connectivity index (χ0n) is 10.5. The Morgan fingerprint density at radius 1 is 1.56 bits per heavy atom. The van der Waals surface area contributed by atoms with Gasteiger partial charge in [-0.05, 0) is 27.2 Å². The van der Waals surface area contributed by atoms with E-state index >= 15 is 0 Å². The number of carbonyl (C=O) groups is 1. The molecule has 2 unspecified atom stereocenters. The quantitative estimate of drug-likeness (QED) is 0.830. The van der Waals surface area contributed by atoms with Crippen molar-refractivity contribution in [2.45, 2.75) is 52.6 Å². The lowest BCUT2D eigenvalue weighted by atomic mass is 10.2. The standard InChI is InChI=1S/C12H21N3O/c1-5-6-9(2)14-12(16)10(3)15-8-7-13-11(15)4/h7-10H,5-6H2,1-4H3,(H,14,16). The summed E-state index contributed by atoms with van der Waals surface area (Å²) in [5, 5.41) is 3.01. The number of imidazole rings is 1. The predicted molar refractivity (Wildman–Crippen MR) is 64.2 cm³/mol. The first-order chi connectivity index (χ1) is 7.56. The Bertz CT molecular complexity index is 346. The highest BCUT2D eigenvalue weighted by Gasteiger charge is 2.17. The fourth-order valence-corrected chi connectivity index (χ4v) is 1.79. The molecule has 1 N–H and O–H groups in total. The Morgan fingerprint density at radius 2 is 2.25 bits per heavy atom. The van der Waals surface area contributed by atoms with Crippen molar-refractivity contribution in [2.24, 2.45) is 0 Å². The fraction of sp³-hybridized carbons (Fsp3) is 0.667. The zero-order valence-corrected chi connectivity index (χ0v) is 10.5. The summed E-state index contributed by atoms with van der Waals surface area (Å²) < 4.78 is 1.88. The predicted octanol–water partition coefficient (Wildman–Crippen LogP) is 2.06. The maximum absolute atomic E-state index is 11.9. The third-order valence-corrected chi connectivity index (χ3v) is 2.77. The Morgan fingerprint density at radius 3 is 2.75 bits per heavy atom. The summed E-state index contributed by atoms with van der Waals surface area (Å²) in [6.07, 6.45) is 5.65. The lowest BCUT2D eigenvalue weighted by molar-refractivity contribution is -0.124. The lowest BCUT2D eigenvalue weighted by Gasteiger charge is -2.18. The number of hydrogen-bond acceptors (Lipinski definition) is 2. The Hall–Kier alpha value is -1.32. The van der Waals surface area contributed by atoms with Crippen LogP contribution in [0.15, 0.2) is 12.4 Å². The van der Waals surface area contributed by atoms with Crippen LogP contribution >= 0.6 is 0 Å². The minimum Gasteiger partial charge on any atom is -0.352 e. The van der Waals surface area contributed by atoms with Crippen LogP contribution in [0.5, 0.6) is 0 Å². The minimum absolute atomic E-state index is 0.0575. The summed E-state index contributed by atoms with van der Waals surface area (Å²) >= 11 is 0. The Kier molecular flexibility index (Phi) is 4.52. The largest absolute Gasteiger partial charge is 0.352 e. The van der Waals surface area contributed by atoms with E-state index in [0.717, 1.165) is 18.7 Å². The summed E-state index contributed by atoms with van der Waals surface area (Å²) in [5.74, 6) is 0.924. The molecule has 16 heavy (non-hydrogen) atoms. The number of hydrogen-bond donors (Lipinski definition) is 1. The average Bonchev–Trinajstić information content (AvgIpc) is 2.63. The molecule has 1 rings (SSSR count). The lowest BCUT2D eigenvalue weighted by Crippen LogP contribution is -2.37. The first kappa shape index (κ1) is 12.7. The van der Waals surface area contributed by atoms with E-state index in [2.05, 4.69) is 17.2 Å². The van der Waals surface area contributed by atoms with Gasteiger partial charge in [-0.15, -0.1) is 0 Å². The number of carbonyl (C=O) groups excluding carboxylic acids is 1. The van der Waals surface area contributed by atoms with Gasteiger partial charge in [0.05, 0.1) is 0 Å². The van der Waals surface area contributed by atoms with Crippen molar-refractivity contribution in [1.29, 1.82) is 0 Å². The van der Waals surface area contributed by atoms with E-state index in [-0.39, 0.29) is 18.0 Å². The molecule has 0 radical (unpaired) electrons. The number of amides is 1. The van der Waals surface area contributed by atoms with Gasteiger partial charge in [0.2, 0.25) is 5.91 Å². The molecule has 0 saturated heterocycles. The van der Waals surface area contributed by atoms with E-state index in [4.69, 9.17) is 0 Å². The van der Waals surface area contributed by atoms with Gasteiger partial charge in [-0.2, -0.15) is 0 Å².